The molecule has 2 nitrogen and oxygen atoms in total. The summed E-state index contributed by atoms with van der Waals surface area (Å²) in [6.07, 6.45) is 10.5. The first kappa shape index (κ1) is 13.5. The molecule has 0 heterocycles. The summed E-state index contributed by atoms with van der Waals surface area (Å²) < 4.78 is 0. The van der Waals surface area contributed by atoms with Crippen LogP contribution in [0.3, 0.4) is 0 Å². The normalized spacial score (nSPS) is 10.9. The number of unbranched alkanes of at least 4 members (excludes halogenated alkanes) is 3. The molecule has 0 atom stereocenters. The Balaban J connectivity index is 2.47. The van der Waals surface area contributed by atoms with Crippen molar-refractivity contribution in [1.82, 2.24) is 0 Å². The largest absolute Gasteiger partial charge is 0.508 e. The Bertz CT molecular complexity index is 381. The number of phenolic OH excluding ortho intramolecular Hbond substituents is 1. The first-order valence-corrected chi connectivity index (χ1v) is 6.20. The van der Waals surface area contributed by atoms with Crippen LogP contribution in [0, 0.1) is 0 Å². The van der Waals surface area contributed by atoms with Crippen molar-refractivity contribution in [3.63, 3.8) is 0 Å². The van der Waals surface area contributed by atoms with Gasteiger partial charge >= 0.3 is 0 Å². The molecule has 17 heavy (non-hydrogen) atoms. The molecule has 2 heteroatoms. The standard InChI is InChI=1S/C15H20O2/c1-2-3-4-5-6-7-8-14-11-13(12-16)9-10-15(14)17/h6-7,9-12,17H,2-5,8H2,1H3. The summed E-state index contributed by atoms with van der Waals surface area (Å²) in [7, 11) is 0. The number of carbonyl (C=O) groups excluding carboxylic acids is 1. The molecule has 1 N–H and O–H groups in total. The number of carbonyl (C=O) groups is 1. The van der Waals surface area contributed by atoms with Crippen molar-refractivity contribution in [2.75, 3.05) is 0 Å². The van der Waals surface area contributed by atoms with E-state index >= 15 is 0 Å². The highest BCUT2D eigenvalue weighted by molar-refractivity contribution is 5.75. The first-order chi connectivity index (χ1) is 8.27. The van der Waals surface area contributed by atoms with Gasteiger partial charge in [-0.15, -0.1) is 0 Å². The van der Waals surface area contributed by atoms with E-state index in [1.807, 2.05) is 0 Å². The highest BCUT2D eigenvalue weighted by Gasteiger charge is 2.00. The van der Waals surface area contributed by atoms with Crippen LogP contribution in [0.2, 0.25) is 0 Å². The van der Waals surface area contributed by atoms with E-state index in [1.54, 1.807) is 18.2 Å². The quantitative estimate of drug-likeness (QED) is 0.440. The lowest BCUT2D eigenvalue weighted by molar-refractivity contribution is 0.112. The summed E-state index contributed by atoms with van der Waals surface area (Å²) >= 11 is 0. The van der Waals surface area contributed by atoms with Gasteiger partial charge < -0.3 is 5.11 Å². The molecule has 0 aliphatic rings. The van der Waals surface area contributed by atoms with Gasteiger partial charge in [0.05, 0.1) is 0 Å². The van der Waals surface area contributed by atoms with Crippen LogP contribution in [0.1, 0.15) is 48.5 Å². The highest BCUT2D eigenvalue weighted by atomic mass is 16.3. The molecule has 0 unspecified atom stereocenters. The molecule has 0 spiro atoms. The van der Waals surface area contributed by atoms with Gasteiger partial charge in [-0.05, 0) is 43.0 Å². The van der Waals surface area contributed by atoms with Crippen LogP contribution in [-0.4, -0.2) is 11.4 Å². The van der Waals surface area contributed by atoms with E-state index in [0.29, 0.717) is 12.0 Å². The molecule has 0 saturated carbocycles. The van der Waals surface area contributed by atoms with Gasteiger partial charge in [-0.25, -0.2) is 0 Å². The zero-order valence-corrected chi connectivity index (χ0v) is 10.4. The number of aromatic hydroxyl groups is 1. The zero-order chi connectivity index (χ0) is 12.5. The zero-order valence-electron chi connectivity index (χ0n) is 10.4. The van der Waals surface area contributed by atoms with Crippen molar-refractivity contribution >= 4 is 6.29 Å². The Kier molecular flexibility index (Phi) is 6.08. The molecule has 0 aliphatic heterocycles. The van der Waals surface area contributed by atoms with Crippen molar-refractivity contribution in [2.24, 2.45) is 0 Å². The Labute approximate surface area is 103 Å². The number of hydrogen-bond donors (Lipinski definition) is 1. The first-order valence-electron chi connectivity index (χ1n) is 6.20. The predicted octanol–water partition coefficient (Wildman–Crippen LogP) is 3.88. The van der Waals surface area contributed by atoms with Gasteiger partial charge in [-0.2, -0.15) is 0 Å². The molecule has 0 radical (unpaired) electrons. The monoisotopic (exact) mass is 232 g/mol. The van der Waals surface area contributed by atoms with E-state index < -0.39 is 0 Å². The van der Waals surface area contributed by atoms with Crippen molar-refractivity contribution in [3.05, 3.63) is 41.5 Å². The number of allylic oxidation sites excluding steroid dienone is 2. The number of rotatable bonds is 7. The summed E-state index contributed by atoms with van der Waals surface area (Å²) in [6, 6.07) is 4.93. The summed E-state index contributed by atoms with van der Waals surface area (Å²) in [5.41, 5.74) is 1.42. The van der Waals surface area contributed by atoms with Gasteiger partial charge in [-0.1, -0.05) is 31.9 Å². The lowest BCUT2D eigenvalue weighted by atomic mass is 10.1. The molecule has 1 aromatic carbocycles. The molecule has 1 rings (SSSR count). The van der Waals surface area contributed by atoms with Crippen molar-refractivity contribution in [3.8, 4) is 5.75 Å². The number of aldehydes is 1. The van der Waals surface area contributed by atoms with Gasteiger partial charge in [0.25, 0.3) is 0 Å². The predicted molar refractivity (Wildman–Crippen MR) is 70.5 cm³/mol. The fourth-order valence-corrected chi connectivity index (χ4v) is 1.68. The van der Waals surface area contributed by atoms with Gasteiger partial charge in [0.2, 0.25) is 0 Å². The van der Waals surface area contributed by atoms with E-state index in [0.717, 1.165) is 18.3 Å². The van der Waals surface area contributed by atoms with Crippen molar-refractivity contribution in [1.29, 1.82) is 0 Å². The molecule has 0 amide bonds. The fraction of sp³-hybridized carbons (Fsp3) is 0.400. The average molecular weight is 232 g/mol. The van der Waals surface area contributed by atoms with Crippen molar-refractivity contribution < 1.29 is 9.90 Å². The second-order valence-electron chi connectivity index (χ2n) is 4.18. The third-order valence-corrected chi connectivity index (χ3v) is 2.72. The van der Waals surface area contributed by atoms with Crippen LogP contribution in [0.4, 0.5) is 0 Å². The van der Waals surface area contributed by atoms with E-state index in [4.69, 9.17) is 0 Å². The second kappa shape index (κ2) is 7.66. The van der Waals surface area contributed by atoms with E-state index in [1.165, 1.54) is 19.3 Å². The maximum atomic E-state index is 10.6. The molecule has 0 bridgehead atoms. The number of phenols is 1. The molecular weight excluding hydrogens is 212 g/mol. The Morgan fingerprint density at radius 1 is 1.24 bits per heavy atom. The minimum Gasteiger partial charge on any atom is -0.508 e. The van der Waals surface area contributed by atoms with Crippen LogP contribution in [-0.2, 0) is 6.42 Å². The second-order valence-corrected chi connectivity index (χ2v) is 4.18. The lowest BCUT2D eigenvalue weighted by Gasteiger charge is -2.02. The van der Waals surface area contributed by atoms with Gasteiger partial charge in [0.1, 0.15) is 12.0 Å². The average Bonchev–Trinajstić information content (AvgIpc) is 2.35. The summed E-state index contributed by atoms with van der Waals surface area (Å²) in [6.45, 7) is 2.19. The summed E-state index contributed by atoms with van der Waals surface area (Å²) in [4.78, 5) is 10.6. The summed E-state index contributed by atoms with van der Waals surface area (Å²) in [5.74, 6) is 0.258. The van der Waals surface area contributed by atoms with Crippen LogP contribution >= 0.6 is 0 Å². The molecule has 0 fully saturated rings. The maximum Gasteiger partial charge on any atom is 0.150 e. The van der Waals surface area contributed by atoms with Gasteiger partial charge in [0, 0.05) is 5.56 Å². The fourth-order valence-electron chi connectivity index (χ4n) is 1.68. The Morgan fingerprint density at radius 2 is 2.06 bits per heavy atom. The Morgan fingerprint density at radius 3 is 2.76 bits per heavy atom. The van der Waals surface area contributed by atoms with Crippen molar-refractivity contribution in [2.45, 2.75) is 39.0 Å². The Hall–Kier alpha value is -1.57. The molecule has 0 saturated heterocycles. The smallest absolute Gasteiger partial charge is 0.150 e. The third-order valence-electron chi connectivity index (χ3n) is 2.72. The molecule has 1 aromatic rings. The van der Waals surface area contributed by atoms with Crippen LogP contribution in [0.5, 0.6) is 5.75 Å². The summed E-state index contributed by atoms with van der Waals surface area (Å²) in [5, 5.41) is 9.62. The maximum absolute atomic E-state index is 10.6. The number of benzene rings is 1. The molecule has 0 aliphatic carbocycles. The number of hydrogen-bond acceptors (Lipinski definition) is 2. The molecule has 92 valence electrons. The molecule has 0 aromatic heterocycles. The van der Waals surface area contributed by atoms with E-state index in [9.17, 15) is 9.90 Å². The van der Waals surface area contributed by atoms with E-state index in [-0.39, 0.29) is 5.75 Å². The molecular formula is C15H20O2. The SMILES string of the molecule is CCCCCC=CCc1cc(C=O)ccc1O. The van der Waals surface area contributed by atoms with Gasteiger partial charge in [0.15, 0.2) is 0 Å². The minimum atomic E-state index is 0.258. The van der Waals surface area contributed by atoms with Crippen LogP contribution in [0.15, 0.2) is 30.4 Å². The van der Waals surface area contributed by atoms with Crippen LogP contribution in [0.25, 0.3) is 0 Å². The lowest BCUT2D eigenvalue weighted by Crippen LogP contribution is -1.86. The van der Waals surface area contributed by atoms with Crippen LogP contribution < -0.4 is 0 Å². The topological polar surface area (TPSA) is 37.3 Å². The third kappa shape index (κ3) is 4.85. The van der Waals surface area contributed by atoms with E-state index in [2.05, 4.69) is 19.1 Å². The highest BCUT2D eigenvalue weighted by Crippen LogP contribution is 2.18. The van der Waals surface area contributed by atoms with Gasteiger partial charge in [-0.3, -0.25) is 4.79 Å². The minimum absolute atomic E-state index is 0.258.